The van der Waals surface area contributed by atoms with Gasteiger partial charge in [-0.05, 0) is 25.0 Å². The number of sulfonamides is 1. The largest absolute Gasteiger partial charge is 0.366 e. The molecule has 17 heavy (non-hydrogen) atoms. The number of anilines is 1. The maximum absolute atomic E-state index is 12.0. The Bertz CT molecular complexity index is 516. The van der Waals surface area contributed by atoms with E-state index in [0.29, 0.717) is 17.5 Å². The van der Waals surface area contributed by atoms with Crippen LogP contribution in [0.2, 0.25) is 0 Å². The normalized spacial score (nSPS) is 25.4. The van der Waals surface area contributed by atoms with E-state index in [1.165, 1.54) is 0 Å². The van der Waals surface area contributed by atoms with Crippen LogP contribution in [0.15, 0.2) is 29.2 Å². The van der Waals surface area contributed by atoms with Crippen molar-refractivity contribution in [3.8, 4) is 0 Å². The minimum Gasteiger partial charge on any atom is -0.366 e. The molecular formula is C11H16N2O2S2. The number of hydrogen-bond acceptors (Lipinski definition) is 3. The molecule has 0 spiro atoms. The molecule has 1 atom stereocenters. The zero-order valence-electron chi connectivity index (χ0n) is 9.39. The molecule has 2 aliphatic rings. The number of nitrogens with zero attached hydrogens (tertiary/aromatic N) is 1. The number of hydrogen-bond donors (Lipinski definition) is 1. The third-order valence-electron chi connectivity index (χ3n) is 3.35. The maximum atomic E-state index is 12.0. The number of benzene rings is 1. The van der Waals surface area contributed by atoms with Crippen molar-refractivity contribution in [2.24, 2.45) is 0 Å². The first-order valence-electron chi connectivity index (χ1n) is 5.54. The summed E-state index contributed by atoms with van der Waals surface area (Å²) in [5.74, 6) is 0. The number of nitrogens with one attached hydrogen (secondary N) is 1. The molecule has 2 aliphatic heterocycles. The first-order valence-corrected chi connectivity index (χ1v) is 7.02. The lowest BCUT2D eigenvalue weighted by atomic mass is 10.2. The van der Waals surface area contributed by atoms with Gasteiger partial charge in [-0.1, -0.05) is 12.1 Å². The Balaban J connectivity index is 0.00000108. The van der Waals surface area contributed by atoms with Gasteiger partial charge in [-0.2, -0.15) is 13.5 Å². The third-order valence-corrected chi connectivity index (χ3v) is 4.82. The lowest BCUT2D eigenvalue weighted by Crippen LogP contribution is -2.36. The number of fused-ring (bicyclic) bond motifs is 3. The highest BCUT2D eigenvalue weighted by Gasteiger charge is 2.33. The SMILES string of the molecule is O=S1(=O)NC[C@@H]2CCCN2c2ccccc21.S. The quantitative estimate of drug-likeness (QED) is 0.768. The molecule has 4 nitrogen and oxygen atoms in total. The molecule has 1 aromatic rings. The minimum atomic E-state index is -3.31. The molecule has 1 saturated heterocycles. The van der Waals surface area contributed by atoms with Gasteiger partial charge in [0.25, 0.3) is 0 Å². The van der Waals surface area contributed by atoms with E-state index in [1.54, 1.807) is 12.1 Å². The van der Waals surface area contributed by atoms with E-state index < -0.39 is 10.0 Å². The molecule has 2 heterocycles. The fourth-order valence-electron chi connectivity index (χ4n) is 2.57. The van der Waals surface area contributed by atoms with E-state index in [-0.39, 0.29) is 13.5 Å². The Morgan fingerprint density at radius 1 is 1.29 bits per heavy atom. The van der Waals surface area contributed by atoms with Crippen LogP contribution in [0.3, 0.4) is 0 Å². The van der Waals surface area contributed by atoms with Crippen molar-refractivity contribution in [2.75, 3.05) is 18.0 Å². The second kappa shape index (κ2) is 4.51. The average molecular weight is 272 g/mol. The molecule has 1 aromatic carbocycles. The van der Waals surface area contributed by atoms with Crippen molar-refractivity contribution in [3.05, 3.63) is 24.3 Å². The van der Waals surface area contributed by atoms with Crippen molar-refractivity contribution in [1.29, 1.82) is 0 Å². The highest BCUT2D eigenvalue weighted by atomic mass is 32.2. The summed E-state index contributed by atoms with van der Waals surface area (Å²) in [4.78, 5) is 2.63. The molecule has 3 rings (SSSR count). The maximum Gasteiger partial charge on any atom is 0.242 e. The summed E-state index contributed by atoms with van der Waals surface area (Å²) in [6.07, 6.45) is 2.21. The first-order chi connectivity index (χ1) is 7.68. The summed E-state index contributed by atoms with van der Waals surface area (Å²) < 4.78 is 26.7. The van der Waals surface area contributed by atoms with Crippen LogP contribution >= 0.6 is 13.5 Å². The lowest BCUT2D eigenvalue weighted by molar-refractivity contribution is 0.575. The predicted molar refractivity (Wildman–Crippen MR) is 72.4 cm³/mol. The van der Waals surface area contributed by atoms with Gasteiger partial charge >= 0.3 is 0 Å². The van der Waals surface area contributed by atoms with Gasteiger partial charge in [0, 0.05) is 19.1 Å². The van der Waals surface area contributed by atoms with Crippen LogP contribution in [0, 0.1) is 0 Å². The molecule has 0 amide bonds. The van der Waals surface area contributed by atoms with Gasteiger partial charge in [-0.25, -0.2) is 13.1 Å². The number of para-hydroxylation sites is 1. The zero-order chi connectivity index (χ0) is 11.2. The van der Waals surface area contributed by atoms with E-state index in [4.69, 9.17) is 0 Å². The van der Waals surface area contributed by atoms with Gasteiger partial charge in [0.1, 0.15) is 4.90 Å². The van der Waals surface area contributed by atoms with Gasteiger partial charge in [0.2, 0.25) is 10.0 Å². The average Bonchev–Trinajstić information content (AvgIpc) is 2.71. The van der Waals surface area contributed by atoms with Gasteiger partial charge in [-0.15, -0.1) is 0 Å². The fraction of sp³-hybridized carbons (Fsp3) is 0.455. The minimum absolute atomic E-state index is 0. The highest BCUT2D eigenvalue weighted by Crippen LogP contribution is 2.33. The molecule has 0 aromatic heterocycles. The summed E-state index contributed by atoms with van der Waals surface area (Å²) in [7, 11) is -3.31. The van der Waals surface area contributed by atoms with Crippen LogP contribution in [0.1, 0.15) is 12.8 Å². The van der Waals surface area contributed by atoms with Gasteiger partial charge in [0.05, 0.1) is 5.69 Å². The molecule has 0 bridgehead atoms. The molecule has 1 fully saturated rings. The Kier molecular flexibility index (Phi) is 3.38. The van der Waals surface area contributed by atoms with Crippen LogP contribution in [0.4, 0.5) is 5.69 Å². The van der Waals surface area contributed by atoms with Crippen LogP contribution in [-0.4, -0.2) is 27.5 Å². The Morgan fingerprint density at radius 3 is 2.88 bits per heavy atom. The van der Waals surface area contributed by atoms with Crippen molar-refractivity contribution in [3.63, 3.8) is 0 Å². The fourth-order valence-corrected chi connectivity index (χ4v) is 3.86. The van der Waals surface area contributed by atoms with E-state index in [0.717, 1.165) is 25.1 Å². The summed E-state index contributed by atoms with van der Waals surface area (Å²) >= 11 is 0. The number of rotatable bonds is 0. The molecule has 1 N–H and O–H groups in total. The lowest BCUT2D eigenvalue weighted by Gasteiger charge is -2.24. The smallest absolute Gasteiger partial charge is 0.242 e. The highest BCUT2D eigenvalue weighted by molar-refractivity contribution is 7.89. The predicted octanol–water partition coefficient (Wildman–Crippen LogP) is 1.06. The molecule has 0 aliphatic carbocycles. The third kappa shape index (κ3) is 2.05. The molecule has 0 unspecified atom stereocenters. The van der Waals surface area contributed by atoms with Gasteiger partial charge in [-0.3, -0.25) is 0 Å². The second-order valence-corrected chi connectivity index (χ2v) is 6.04. The van der Waals surface area contributed by atoms with Crippen LogP contribution in [0.25, 0.3) is 0 Å². The molecule has 0 saturated carbocycles. The standard InChI is InChI=1S/C11H14N2O2S.H2S/c14-16(15)11-6-2-1-5-10(11)13-7-3-4-9(13)8-12-16;/h1-2,5-6,9,12H,3-4,7-8H2;1H2/t9-;/m0./s1. The molecule has 0 radical (unpaired) electrons. The topological polar surface area (TPSA) is 49.4 Å². The monoisotopic (exact) mass is 272 g/mol. The summed E-state index contributed by atoms with van der Waals surface area (Å²) in [5.41, 5.74) is 0.856. The Morgan fingerprint density at radius 2 is 2.06 bits per heavy atom. The Hall–Kier alpha value is -0.720. The van der Waals surface area contributed by atoms with E-state index in [2.05, 4.69) is 9.62 Å². The van der Waals surface area contributed by atoms with Crippen molar-refractivity contribution in [1.82, 2.24) is 4.72 Å². The van der Waals surface area contributed by atoms with Crippen LogP contribution in [-0.2, 0) is 10.0 Å². The molecular weight excluding hydrogens is 256 g/mol. The van der Waals surface area contributed by atoms with E-state index in [1.807, 2.05) is 12.1 Å². The van der Waals surface area contributed by atoms with E-state index >= 15 is 0 Å². The van der Waals surface area contributed by atoms with Gasteiger partial charge in [0.15, 0.2) is 0 Å². The van der Waals surface area contributed by atoms with Crippen LogP contribution < -0.4 is 9.62 Å². The van der Waals surface area contributed by atoms with E-state index in [9.17, 15) is 8.42 Å². The summed E-state index contributed by atoms with van der Waals surface area (Å²) in [6.45, 7) is 1.48. The molecule has 6 heteroatoms. The zero-order valence-corrected chi connectivity index (χ0v) is 11.2. The first kappa shape index (κ1) is 12.7. The van der Waals surface area contributed by atoms with Crippen LogP contribution in [0.5, 0.6) is 0 Å². The van der Waals surface area contributed by atoms with Gasteiger partial charge < -0.3 is 4.90 Å². The van der Waals surface area contributed by atoms with Crippen molar-refractivity contribution >= 4 is 29.2 Å². The summed E-state index contributed by atoms with van der Waals surface area (Å²) in [5, 5.41) is 0. The summed E-state index contributed by atoms with van der Waals surface area (Å²) in [6, 6.07) is 7.57. The Labute approximate surface area is 109 Å². The second-order valence-electron chi connectivity index (χ2n) is 4.31. The molecule has 94 valence electrons. The van der Waals surface area contributed by atoms with Crippen molar-refractivity contribution < 1.29 is 8.42 Å². The van der Waals surface area contributed by atoms with Crippen molar-refractivity contribution in [2.45, 2.75) is 23.8 Å².